The molecule has 0 spiro atoms. The minimum Gasteiger partial charge on any atom is -0.481 e. The fourth-order valence-corrected chi connectivity index (χ4v) is 4.05. The molecule has 2 aromatic carbocycles. The van der Waals surface area contributed by atoms with Crippen LogP contribution in [0.5, 0.6) is 11.5 Å². The summed E-state index contributed by atoms with van der Waals surface area (Å²) in [6.45, 7) is 13.5. The van der Waals surface area contributed by atoms with E-state index in [9.17, 15) is 9.59 Å². The van der Waals surface area contributed by atoms with Gasteiger partial charge >= 0.3 is 0 Å². The lowest BCUT2D eigenvalue weighted by Crippen LogP contribution is -2.36. The van der Waals surface area contributed by atoms with Gasteiger partial charge < -0.3 is 20.1 Å². The molecule has 6 nitrogen and oxygen atoms in total. The Morgan fingerprint density at radius 1 is 0.553 bits per heavy atom. The van der Waals surface area contributed by atoms with Gasteiger partial charge in [-0.05, 0) is 73.9 Å². The Morgan fingerprint density at radius 2 is 0.868 bits per heavy atom. The lowest BCUT2D eigenvalue weighted by Gasteiger charge is -2.15. The molecule has 2 unspecified atom stereocenters. The number of ether oxygens (including phenoxy) is 2. The van der Waals surface area contributed by atoms with E-state index in [1.807, 2.05) is 48.5 Å². The first-order chi connectivity index (χ1) is 18.2. The molecule has 0 aliphatic carbocycles. The van der Waals surface area contributed by atoms with Gasteiger partial charge in [0.05, 0.1) is 0 Å². The van der Waals surface area contributed by atoms with Crippen molar-refractivity contribution in [2.24, 2.45) is 0 Å². The highest BCUT2D eigenvalue weighted by atomic mass is 16.5. The highest BCUT2D eigenvalue weighted by Gasteiger charge is 2.15. The van der Waals surface area contributed by atoms with Crippen molar-refractivity contribution in [1.29, 1.82) is 0 Å². The topological polar surface area (TPSA) is 76.7 Å². The van der Waals surface area contributed by atoms with Gasteiger partial charge in [-0.2, -0.15) is 0 Å². The SMILES string of the molecule is CC(Oc1ccc(C(C)C)cc1)C(=O)NCCCCCCCCNC(=O)C(C)Oc1ccc(C(C)C)cc1. The summed E-state index contributed by atoms with van der Waals surface area (Å²) in [6, 6.07) is 15.9. The summed E-state index contributed by atoms with van der Waals surface area (Å²) < 4.78 is 11.5. The Hall–Kier alpha value is -3.02. The molecule has 0 fully saturated rings. The first-order valence-electron chi connectivity index (χ1n) is 14.3. The smallest absolute Gasteiger partial charge is 0.260 e. The van der Waals surface area contributed by atoms with Crippen LogP contribution in [-0.4, -0.2) is 37.1 Å². The Labute approximate surface area is 229 Å². The molecule has 0 saturated carbocycles. The van der Waals surface area contributed by atoms with E-state index in [-0.39, 0.29) is 11.8 Å². The summed E-state index contributed by atoms with van der Waals surface area (Å²) in [7, 11) is 0. The summed E-state index contributed by atoms with van der Waals surface area (Å²) in [5.74, 6) is 2.20. The molecule has 2 amide bonds. The van der Waals surface area contributed by atoms with Crippen molar-refractivity contribution in [2.45, 2.75) is 104 Å². The Morgan fingerprint density at radius 3 is 1.18 bits per heavy atom. The van der Waals surface area contributed by atoms with Crippen LogP contribution in [0.3, 0.4) is 0 Å². The quantitative estimate of drug-likeness (QED) is 0.225. The molecule has 2 aromatic rings. The highest BCUT2D eigenvalue weighted by Crippen LogP contribution is 2.20. The standard InChI is InChI=1S/C32H48N2O4/c1-23(2)27-13-17-29(18-14-27)37-25(5)31(35)33-21-11-9-7-8-10-12-22-34-32(36)26(6)38-30-19-15-28(16-20-30)24(3)4/h13-20,23-26H,7-12,21-22H2,1-6H3,(H,33,35)(H,34,36). The summed E-state index contributed by atoms with van der Waals surface area (Å²) in [4.78, 5) is 24.6. The van der Waals surface area contributed by atoms with Gasteiger partial charge in [-0.15, -0.1) is 0 Å². The molecular weight excluding hydrogens is 476 g/mol. The number of amides is 2. The van der Waals surface area contributed by atoms with Crippen molar-refractivity contribution in [1.82, 2.24) is 10.6 Å². The molecule has 2 atom stereocenters. The molecular formula is C32H48N2O4. The van der Waals surface area contributed by atoms with Crippen LogP contribution >= 0.6 is 0 Å². The fraction of sp³-hybridized carbons (Fsp3) is 0.562. The number of carbonyl (C=O) groups excluding carboxylic acids is 2. The first-order valence-corrected chi connectivity index (χ1v) is 14.3. The third-order valence-electron chi connectivity index (χ3n) is 6.66. The zero-order valence-corrected chi connectivity index (χ0v) is 24.2. The average molecular weight is 525 g/mol. The van der Waals surface area contributed by atoms with Crippen LogP contribution < -0.4 is 20.1 Å². The van der Waals surface area contributed by atoms with E-state index in [0.29, 0.717) is 36.4 Å². The Bertz CT molecular complexity index is 875. The predicted molar refractivity (Wildman–Crippen MR) is 155 cm³/mol. The number of carbonyl (C=O) groups is 2. The maximum atomic E-state index is 12.3. The van der Waals surface area contributed by atoms with Crippen molar-refractivity contribution in [2.75, 3.05) is 13.1 Å². The normalized spacial score (nSPS) is 12.7. The zero-order valence-electron chi connectivity index (χ0n) is 24.2. The van der Waals surface area contributed by atoms with Gasteiger partial charge in [0.2, 0.25) is 0 Å². The predicted octanol–water partition coefficient (Wildman–Crippen LogP) is 6.74. The van der Waals surface area contributed by atoms with Gasteiger partial charge in [0.1, 0.15) is 11.5 Å². The zero-order chi connectivity index (χ0) is 27.9. The van der Waals surface area contributed by atoms with Gasteiger partial charge in [-0.3, -0.25) is 9.59 Å². The number of unbranched alkanes of at least 4 members (excludes halogenated alkanes) is 5. The number of benzene rings is 2. The maximum Gasteiger partial charge on any atom is 0.260 e. The van der Waals surface area contributed by atoms with Crippen LogP contribution in [0.1, 0.15) is 103 Å². The summed E-state index contributed by atoms with van der Waals surface area (Å²) in [6.07, 6.45) is 5.23. The number of hydrogen-bond acceptors (Lipinski definition) is 4. The van der Waals surface area contributed by atoms with Crippen LogP contribution in [0.2, 0.25) is 0 Å². The molecule has 0 saturated heterocycles. The summed E-state index contributed by atoms with van der Waals surface area (Å²) in [5.41, 5.74) is 2.50. The molecule has 0 heterocycles. The molecule has 38 heavy (non-hydrogen) atoms. The lowest BCUT2D eigenvalue weighted by molar-refractivity contribution is -0.127. The number of rotatable bonds is 17. The Balaban J connectivity index is 1.47. The van der Waals surface area contributed by atoms with Crippen molar-refractivity contribution < 1.29 is 19.1 Å². The fourth-order valence-electron chi connectivity index (χ4n) is 4.05. The highest BCUT2D eigenvalue weighted by molar-refractivity contribution is 5.81. The molecule has 0 aromatic heterocycles. The second-order valence-electron chi connectivity index (χ2n) is 10.7. The molecule has 0 aliphatic heterocycles. The van der Waals surface area contributed by atoms with E-state index in [2.05, 4.69) is 38.3 Å². The third-order valence-corrected chi connectivity index (χ3v) is 6.66. The summed E-state index contributed by atoms with van der Waals surface area (Å²) >= 11 is 0. The second kappa shape index (κ2) is 16.7. The van der Waals surface area contributed by atoms with Crippen molar-refractivity contribution in [3.05, 3.63) is 59.7 Å². The van der Waals surface area contributed by atoms with Gasteiger partial charge in [0.25, 0.3) is 11.8 Å². The second-order valence-corrected chi connectivity index (χ2v) is 10.7. The molecule has 2 rings (SSSR count). The van der Waals surface area contributed by atoms with Gasteiger partial charge in [0, 0.05) is 13.1 Å². The minimum atomic E-state index is -0.520. The largest absolute Gasteiger partial charge is 0.481 e. The van der Waals surface area contributed by atoms with Crippen LogP contribution in [0.4, 0.5) is 0 Å². The monoisotopic (exact) mass is 524 g/mol. The average Bonchev–Trinajstić information content (AvgIpc) is 2.89. The molecule has 0 radical (unpaired) electrons. The minimum absolute atomic E-state index is 0.0838. The van der Waals surface area contributed by atoms with Crippen molar-refractivity contribution >= 4 is 11.8 Å². The lowest BCUT2D eigenvalue weighted by atomic mass is 10.0. The molecule has 6 heteroatoms. The van der Waals surface area contributed by atoms with Crippen LogP contribution in [-0.2, 0) is 9.59 Å². The maximum absolute atomic E-state index is 12.3. The van der Waals surface area contributed by atoms with E-state index in [1.54, 1.807) is 13.8 Å². The molecule has 0 aliphatic rings. The van der Waals surface area contributed by atoms with E-state index >= 15 is 0 Å². The number of hydrogen-bond donors (Lipinski definition) is 2. The van der Waals surface area contributed by atoms with Crippen LogP contribution in [0.15, 0.2) is 48.5 Å². The van der Waals surface area contributed by atoms with E-state index in [1.165, 1.54) is 11.1 Å². The molecule has 210 valence electrons. The third kappa shape index (κ3) is 11.6. The summed E-state index contributed by atoms with van der Waals surface area (Å²) in [5, 5.41) is 5.94. The van der Waals surface area contributed by atoms with Crippen molar-refractivity contribution in [3.63, 3.8) is 0 Å². The van der Waals surface area contributed by atoms with Gasteiger partial charge in [-0.25, -0.2) is 0 Å². The van der Waals surface area contributed by atoms with Gasteiger partial charge in [-0.1, -0.05) is 77.6 Å². The van der Waals surface area contributed by atoms with E-state index in [4.69, 9.17) is 9.47 Å². The first kappa shape index (κ1) is 31.2. The molecule has 2 N–H and O–H groups in total. The van der Waals surface area contributed by atoms with E-state index in [0.717, 1.165) is 38.5 Å². The Kier molecular flexibility index (Phi) is 13.7. The number of nitrogens with one attached hydrogen (secondary N) is 2. The van der Waals surface area contributed by atoms with Crippen LogP contribution in [0, 0.1) is 0 Å². The van der Waals surface area contributed by atoms with Crippen molar-refractivity contribution in [3.8, 4) is 11.5 Å². The van der Waals surface area contributed by atoms with Crippen LogP contribution in [0.25, 0.3) is 0 Å². The molecule has 0 bridgehead atoms. The van der Waals surface area contributed by atoms with Gasteiger partial charge in [0.15, 0.2) is 12.2 Å². The van der Waals surface area contributed by atoms with E-state index < -0.39 is 12.2 Å².